The topological polar surface area (TPSA) is 46.2 Å². The molecule has 0 aliphatic carbocycles. The summed E-state index contributed by atoms with van der Waals surface area (Å²) in [6, 6.07) is 11.3. The van der Waals surface area contributed by atoms with Gasteiger partial charge in [-0.15, -0.1) is 0 Å². The van der Waals surface area contributed by atoms with Crippen LogP contribution in [0.5, 0.6) is 0 Å². The molecular formula is C13H10BrCl2NO2S. The van der Waals surface area contributed by atoms with Gasteiger partial charge in [-0.3, -0.25) is 4.72 Å². The van der Waals surface area contributed by atoms with Gasteiger partial charge in [0.25, 0.3) is 10.0 Å². The molecule has 0 radical (unpaired) electrons. The lowest BCUT2D eigenvalue weighted by atomic mass is 10.2. The van der Waals surface area contributed by atoms with Crippen LogP contribution in [0.25, 0.3) is 0 Å². The predicted molar refractivity (Wildman–Crippen MR) is 86.3 cm³/mol. The van der Waals surface area contributed by atoms with Crippen LogP contribution in [0.1, 0.15) is 5.56 Å². The van der Waals surface area contributed by atoms with Crippen molar-refractivity contribution in [1.29, 1.82) is 0 Å². The zero-order valence-corrected chi connectivity index (χ0v) is 14.0. The zero-order valence-electron chi connectivity index (χ0n) is 10.1. The first-order chi connectivity index (χ1) is 9.42. The number of hydrogen-bond acceptors (Lipinski definition) is 2. The van der Waals surface area contributed by atoms with E-state index < -0.39 is 10.0 Å². The molecule has 0 heterocycles. The van der Waals surface area contributed by atoms with Crippen molar-refractivity contribution in [1.82, 2.24) is 0 Å². The minimum absolute atomic E-state index is 0.0659. The van der Waals surface area contributed by atoms with Crippen molar-refractivity contribution in [3.05, 3.63) is 58.1 Å². The van der Waals surface area contributed by atoms with Crippen LogP contribution < -0.4 is 4.72 Å². The van der Waals surface area contributed by atoms with Crippen LogP contribution in [0.3, 0.4) is 0 Å². The van der Waals surface area contributed by atoms with Gasteiger partial charge < -0.3 is 0 Å². The summed E-state index contributed by atoms with van der Waals surface area (Å²) >= 11 is 14.9. The monoisotopic (exact) mass is 393 g/mol. The summed E-state index contributed by atoms with van der Waals surface area (Å²) in [5.41, 5.74) is 1.47. The average Bonchev–Trinajstić information content (AvgIpc) is 2.41. The fourth-order valence-corrected chi connectivity index (χ4v) is 3.36. The SMILES string of the molecule is O=S(=O)(Nc1cccc(CBr)c1)c1ccc(Cl)c(Cl)c1. The van der Waals surface area contributed by atoms with Gasteiger partial charge in [0, 0.05) is 11.0 Å². The maximum atomic E-state index is 12.2. The molecule has 0 fully saturated rings. The highest BCUT2D eigenvalue weighted by atomic mass is 79.9. The van der Waals surface area contributed by atoms with Crippen molar-refractivity contribution in [3.8, 4) is 0 Å². The molecule has 0 amide bonds. The number of anilines is 1. The minimum atomic E-state index is -3.69. The maximum Gasteiger partial charge on any atom is 0.261 e. The van der Waals surface area contributed by atoms with Gasteiger partial charge in [-0.1, -0.05) is 51.3 Å². The standard InChI is InChI=1S/C13H10BrCl2NO2S/c14-8-9-2-1-3-10(6-9)17-20(18,19)11-4-5-12(15)13(16)7-11/h1-7,17H,8H2. The molecule has 0 bridgehead atoms. The van der Waals surface area contributed by atoms with Gasteiger partial charge >= 0.3 is 0 Å². The number of halogens is 3. The molecule has 2 rings (SSSR count). The number of benzene rings is 2. The Balaban J connectivity index is 2.32. The summed E-state index contributed by atoms with van der Waals surface area (Å²) in [7, 11) is -3.69. The first-order valence-corrected chi connectivity index (χ1v) is 8.91. The predicted octanol–water partition coefficient (Wildman–Crippen LogP) is 4.69. The number of sulfonamides is 1. The molecule has 0 saturated carbocycles. The average molecular weight is 395 g/mol. The van der Waals surface area contributed by atoms with Crippen molar-refractivity contribution < 1.29 is 8.42 Å². The largest absolute Gasteiger partial charge is 0.280 e. The third-order valence-electron chi connectivity index (χ3n) is 2.53. The number of alkyl halides is 1. The Morgan fingerprint density at radius 3 is 2.45 bits per heavy atom. The van der Waals surface area contributed by atoms with Gasteiger partial charge in [-0.05, 0) is 35.9 Å². The Labute approximate surface area is 136 Å². The Morgan fingerprint density at radius 1 is 1.05 bits per heavy atom. The molecule has 0 saturated heterocycles. The third kappa shape index (κ3) is 3.67. The lowest BCUT2D eigenvalue weighted by molar-refractivity contribution is 0.601. The van der Waals surface area contributed by atoms with Crippen LogP contribution in [0.4, 0.5) is 5.69 Å². The fourth-order valence-electron chi connectivity index (χ4n) is 1.58. The molecule has 2 aromatic rings. The van der Waals surface area contributed by atoms with E-state index in [0.717, 1.165) is 5.56 Å². The Kier molecular flexibility index (Phi) is 4.96. The van der Waals surface area contributed by atoms with Crippen molar-refractivity contribution in [2.45, 2.75) is 10.2 Å². The van der Waals surface area contributed by atoms with E-state index in [1.807, 2.05) is 6.07 Å². The van der Waals surface area contributed by atoms with E-state index in [0.29, 0.717) is 16.0 Å². The molecule has 0 spiro atoms. The second-order valence-electron chi connectivity index (χ2n) is 4.02. The highest BCUT2D eigenvalue weighted by Gasteiger charge is 2.15. The fraction of sp³-hybridized carbons (Fsp3) is 0.0769. The molecule has 0 aromatic heterocycles. The first-order valence-electron chi connectivity index (χ1n) is 5.55. The highest BCUT2D eigenvalue weighted by molar-refractivity contribution is 9.08. The molecule has 2 aromatic carbocycles. The van der Waals surface area contributed by atoms with Crippen LogP contribution in [0, 0.1) is 0 Å². The normalized spacial score (nSPS) is 11.3. The van der Waals surface area contributed by atoms with Gasteiger partial charge in [0.2, 0.25) is 0 Å². The van der Waals surface area contributed by atoms with Gasteiger partial charge in [0.1, 0.15) is 0 Å². The summed E-state index contributed by atoms with van der Waals surface area (Å²) in [5.74, 6) is 0. The van der Waals surface area contributed by atoms with Crippen molar-refractivity contribution in [2.75, 3.05) is 4.72 Å². The quantitative estimate of drug-likeness (QED) is 0.764. The van der Waals surface area contributed by atoms with Crippen molar-refractivity contribution in [2.24, 2.45) is 0 Å². The van der Waals surface area contributed by atoms with E-state index >= 15 is 0 Å². The molecule has 0 aliphatic heterocycles. The maximum absolute atomic E-state index is 12.2. The van der Waals surface area contributed by atoms with Crippen LogP contribution in [0.2, 0.25) is 10.0 Å². The molecule has 0 aliphatic rings. The molecule has 3 nitrogen and oxygen atoms in total. The number of rotatable bonds is 4. The first kappa shape index (κ1) is 15.6. The molecule has 7 heteroatoms. The van der Waals surface area contributed by atoms with Gasteiger partial charge in [-0.25, -0.2) is 8.42 Å². The van der Waals surface area contributed by atoms with Crippen LogP contribution in [-0.4, -0.2) is 8.42 Å². The van der Waals surface area contributed by atoms with Gasteiger partial charge in [0.15, 0.2) is 0 Å². The van der Waals surface area contributed by atoms with Gasteiger partial charge in [-0.2, -0.15) is 0 Å². The summed E-state index contributed by atoms with van der Waals surface area (Å²) in [4.78, 5) is 0.0659. The molecule has 0 unspecified atom stereocenters. The second-order valence-corrected chi connectivity index (χ2v) is 7.07. The lowest BCUT2D eigenvalue weighted by Gasteiger charge is -2.09. The Hall–Kier alpha value is -0.750. The van der Waals surface area contributed by atoms with Crippen LogP contribution in [0.15, 0.2) is 47.4 Å². The summed E-state index contributed by atoms with van der Waals surface area (Å²) in [5, 5.41) is 1.16. The van der Waals surface area contributed by atoms with E-state index in [2.05, 4.69) is 20.7 Å². The molecule has 0 atom stereocenters. The van der Waals surface area contributed by atoms with Crippen molar-refractivity contribution >= 4 is 54.8 Å². The number of nitrogens with one attached hydrogen (secondary N) is 1. The third-order valence-corrected chi connectivity index (χ3v) is 5.30. The van der Waals surface area contributed by atoms with E-state index in [9.17, 15) is 8.42 Å². The van der Waals surface area contributed by atoms with Crippen LogP contribution in [-0.2, 0) is 15.4 Å². The minimum Gasteiger partial charge on any atom is -0.280 e. The molecule has 20 heavy (non-hydrogen) atoms. The zero-order chi connectivity index (χ0) is 14.8. The van der Waals surface area contributed by atoms with E-state index in [1.54, 1.807) is 18.2 Å². The van der Waals surface area contributed by atoms with E-state index in [-0.39, 0.29) is 9.92 Å². The van der Waals surface area contributed by atoms with Crippen LogP contribution >= 0.6 is 39.1 Å². The summed E-state index contributed by atoms with van der Waals surface area (Å²) in [6.07, 6.45) is 0. The number of hydrogen-bond donors (Lipinski definition) is 1. The Bertz CT molecular complexity index is 735. The molecule has 1 N–H and O–H groups in total. The smallest absolute Gasteiger partial charge is 0.261 e. The molecule has 106 valence electrons. The highest BCUT2D eigenvalue weighted by Crippen LogP contribution is 2.26. The summed E-state index contributed by atoms with van der Waals surface area (Å²) < 4.78 is 27.0. The van der Waals surface area contributed by atoms with E-state index in [4.69, 9.17) is 23.2 Å². The van der Waals surface area contributed by atoms with Gasteiger partial charge in [0.05, 0.1) is 14.9 Å². The second kappa shape index (κ2) is 6.35. The molecular weight excluding hydrogens is 385 g/mol. The lowest BCUT2D eigenvalue weighted by Crippen LogP contribution is -2.13. The van der Waals surface area contributed by atoms with Crippen molar-refractivity contribution in [3.63, 3.8) is 0 Å². The Morgan fingerprint density at radius 2 is 1.80 bits per heavy atom. The summed E-state index contributed by atoms with van der Waals surface area (Å²) in [6.45, 7) is 0. The van der Waals surface area contributed by atoms with E-state index in [1.165, 1.54) is 18.2 Å².